The monoisotopic (exact) mass is 319 g/mol. The van der Waals surface area contributed by atoms with Crippen molar-refractivity contribution in [3.05, 3.63) is 32.9 Å². The molecule has 0 fully saturated rings. The van der Waals surface area contributed by atoms with Crippen LogP contribution in [0.5, 0.6) is 0 Å². The Bertz CT molecular complexity index is 332. The molecule has 0 aliphatic carbocycles. The molecule has 0 aromatic heterocycles. The van der Waals surface area contributed by atoms with Gasteiger partial charge in [0.15, 0.2) is 0 Å². The molecule has 1 rings (SSSR count). The predicted octanol–water partition coefficient (Wildman–Crippen LogP) is 1.71. The Morgan fingerprint density at radius 1 is 1.53 bits per heavy atom. The maximum absolute atomic E-state index is 11.8. The molecular weight excluding hydrogens is 305 g/mol. The van der Waals surface area contributed by atoms with Crippen molar-refractivity contribution >= 4 is 28.5 Å². The molecule has 0 aliphatic heterocycles. The van der Waals surface area contributed by atoms with Crippen molar-refractivity contribution < 1.29 is 9.90 Å². The summed E-state index contributed by atoms with van der Waals surface area (Å²) >= 11 is 2.15. The second-order valence-electron chi connectivity index (χ2n) is 3.26. The lowest BCUT2D eigenvalue weighted by Gasteiger charge is -2.08. The van der Waals surface area contributed by atoms with Crippen molar-refractivity contribution in [2.45, 2.75) is 13.3 Å². The molecular formula is C11H14INO2. The van der Waals surface area contributed by atoms with Crippen molar-refractivity contribution in [2.75, 3.05) is 13.2 Å². The summed E-state index contributed by atoms with van der Waals surface area (Å²) in [4.78, 5) is 11.8. The maximum Gasteiger partial charge on any atom is 0.252 e. The third-order valence-electron chi connectivity index (χ3n) is 2.07. The third-order valence-corrected chi connectivity index (χ3v) is 2.97. The lowest BCUT2D eigenvalue weighted by atomic mass is 10.1. The maximum atomic E-state index is 11.8. The molecule has 82 valence electrons. The van der Waals surface area contributed by atoms with Crippen molar-refractivity contribution in [2.24, 2.45) is 0 Å². The van der Waals surface area contributed by atoms with Gasteiger partial charge in [-0.1, -0.05) is 12.1 Å². The van der Waals surface area contributed by atoms with Crippen LogP contribution in [0.4, 0.5) is 0 Å². The topological polar surface area (TPSA) is 49.3 Å². The van der Waals surface area contributed by atoms with E-state index in [9.17, 15) is 4.79 Å². The lowest BCUT2D eigenvalue weighted by Crippen LogP contribution is -2.26. The number of amides is 1. The first-order valence-electron chi connectivity index (χ1n) is 4.81. The average molecular weight is 319 g/mol. The Labute approximate surface area is 103 Å². The Kier molecular flexibility index (Phi) is 5.04. The second kappa shape index (κ2) is 6.07. The quantitative estimate of drug-likeness (QED) is 0.656. The zero-order chi connectivity index (χ0) is 11.3. The molecule has 0 saturated carbocycles. The summed E-state index contributed by atoms with van der Waals surface area (Å²) in [5.41, 5.74) is 1.71. The van der Waals surface area contributed by atoms with Crippen LogP contribution in [0.1, 0.15) is 22.3 Å². The van der Waals surface area contributed by atoms with Crippen LogP contribution in [0.25, 0.3) is 0 Å². The summed E-state index contributed by atoms with van der Waals surface area (Å²) in [5, 5.41) is 11.4. The van der Waals surface area contributed by atoms with Gasteiger partial charge in [0.1, 0.15) is 0 Å². The van der Waals surface area contributed by atoms with Crippen molar-refractivity contribution in [1.29, 1.82) is 0 Å². The molecule has 1 aromatic carbocycles. The molecule has 0 heterocycles. The van der Waals surface area contributed by atoms with Crippen LogP contribution >= 0.6 is 22.6 Å². The lowest BCUT2D eigenvalue weighted by molar-refractivity contribution is 0.0949. The zero-order valence-electron chi connectivity index (χ0n) is 8.59. The van der Waals surface area contributed by atoms with Crippen molar-refractivity contribution in [3.8, 4) is 0 Å². The van der Waals surface area contributed by atoms with E-state index in [4.69, 9.17) is 5.11 Å². The van der Waals surface area contributed by atoms with E-state index in [-0.39, 0.29) is 12.5 Å². The van der Waals surface area contributed by atoms with Gasteiger partial charge in [0.2, 0.25) is 0 Å². The van der Waals surface area contributed by atoms with Gasteiger partial charge in [-0.15, -0.1) is 0 Å². The summed E-state index contributed by atoms with van der Waals surface area (Å²) in [6, 6.07) is 5.76. The minimum absolute atomic E-state index is 0.0639. The molecule has 0 radical (unpaired) electrons. The minimum Gasteiger partial charge on any atom is -0.396 e. The van der Waals surface area contributed by atoms with Crippen LogP contribution in [0.3, 0.4) is 0 Å². The third kappa shape index (κ3) is 3.46. The standard InChI is InChI=1S/C11H14INO2/c1-8-4-2-5-9(12)10(8)11(15)13-6-3-7-14/h2,4-5,14H,3,6-7H2,1H3,(H,13,15). The highest BCUT2D eigenvalue weighted by Crippen LogP contribution is 2.15. The van der Waals surface area contributed by atoms with E-state index in [1.54, 1.807) is 0 Å². The fourth-order valence-corrected chi connectivity index (χ4v) is 2.17. The average Bonchev–Trinajstić information content (AvgIpc) is 2.18. The van der Waals surface area contributed by atoms with E-state index < -0.39 is 0 Å². The number of hydrogen-bond donors (Lipinski definition) is 2. The molecule has 0 atom stereocenters. The Morgan fingerprint density at radius 2 is 2.27 bits per heavy atom. The Balaban J connectivity index is 2.73. The van der Waals surface area contributed by atoms with Gasteiger partial charge in [0.05, 0.1) is 5.56 Å². The highest BCUT2D eigenvalue weighted by Gasteiger charge is 2.11. The molecule has 4 heteroatoms. The zero-order valence-corrected chi connectivity index (χ0v) is 10.7. The van der Waals surface area contributed by atoms with Gasteiger partial charge in [0, 0.05) is 16.7 Å². The highest BCUT2D eigenvalue weighted by atomic mass is 127. The van der Waals surface area contributed by atoms with E-state index in [0.29, 0.717) is 13.0 Å². The van der Waals surface area contributed by atoms with E-state index in [0.717, 1.165) is 14.7 Å². The van der Waals surface area contributed by atoms with Gasteiger partial charge in [0.25, 0.3) is 5.91 Å². The van der Waals surface area contributed by atoms with Gasteiger partial charge in [-0.25, -0.2) is 0 Å². The Morgan fingerprint density at radius 3 is 2.87 bits per heavy atom. The van der Waals surface area contributed by atoms with Crippen LogP contribution in [0.15, 0.2) is 18.2 Å². The second-order valence-corrected chi connectivity index (χ2v) is 4.43. The molecule has 3 nitrogen and oxygen atoms in total. The molecule has 0 saturated heterocycles. The summed E-state index contributed by atoms with van der Waals surface area (Å²) in [7, 11) is 0. The van der Waals surface area contributed by atoms with E-state index in [2.05, 4.69) is 27.9 Å². The normalized spacial score (nSPS) is 10.1. The Hall–Kier alpha value is -0.620. The molecule has 0 unspecified atom stereocenters. The van der Waals surface area contributed by atoms with Gasteiger partial charge in [-0.2, -0.15) is 0 Å². The van der Waals surface area contributed by atoms with Gasteiger partial charge >= 0.3 is 0 Å². The first kappa shape index (κ1) is 12.4. The SMILES string of the molecule is Cc1cccc(I)c1C(=O)NCCCO. The van der Waals surface area contributed by atoms with E-state index in [1.807, 2.05) is 25.1 Å². The number of aryl methyl sites for hydroxylation is 1. The number of aliphatic hydroxyl groups excluding tert-OH is 1. The number of rotatable bonds is 4. The number of benzene rings is 1. The molecule has 1 aromatic rings. The number of hydrogen-bond acceptors (Lipinski definition) is 2. The number of aliphatic hydroxyl groups is 1. The summed E-state index contributed by atoms with van der Waals surface area (Å²) < 4.78 is 0.953. The van der Waals surface area contributed by atoms with Crippen LogP contribution in [0, 0.1) is 10.5 Å². The molecule has 0 spiro atoms. The van der Waals surface area contributed by atoms with Crippen molar-refractivity contribution in [1.82, 2.24) is 5.32 Å². The fourth-order valence-electron chi connectivity index (χ4n) is 1.29. The van der Waals surface area contributed by atoms with Crippen LogP contribution in [0.2, 0.25) is 0 Å². The minimum atomic E-state index is -0.0639. The molecule has 2 N–H and O–H groups in total. The van der Waals surface area contributed by atoms with E-state index in [1.165, 1.54) is 0 Å². The van der Waals surface area contributed by atoms with Crippen molar-refractivity contribution in [3.63, 3.8) is 0 Å². The number of halogens is 1. The number of nitrogens with one attached hydrogen (secondary N) is 1. The summed E-state index contributed by atoms with van der Waals surface area (Å²) in [6.07, 6.45) is 0.591. The fraction of sp³-hybridized carbons (Fsp3) is 0.364. The predicted molar refractivity (Wildman–Crippen MR) is 67.9 cm³/mol. The van der Waals surface area contributed by atoms with E-state index >= 15 is 0 Å². The largest absolute Gasteiger partial charge is 0.396 e. The highest BCUT2D eigenvalue weighted by molar-refractivity contribution is 14.1. The smallest absolute Gasteiger partial charge is 0.252 e. The van der Waals surface area contributed by atoms with Gasteiger partial charge in [-0.3, -0.25) is 4.79 Å². The van der Waals surface area contributed by atoms with Crippen LogP contribution in [-0.2, 0) is 0 Å². The van der Waals surface area contributed by atoms with Crippen LogP contribution < -0.4 is 5.32 Å². The number of carbonyl (C=O) groups is 1. The molecule has 15 heavy (non-hydrogen) atoms. The van der Waals surface area contributed by atoms with Crippen LogP contribution in [-0.4, -0.2) is 24.2 Å². The summed E-state index contributed by atoms with van der Waals surface area (Å²) in [5.74, 6) is -0.0639. The summed E-state index contributed by atoms with van der Waals surface area (Å²) in [6.45, 7) is 2.54. The van der Waals surface area contributed by atoms with Gasteiger partial charge < -0.3 is 10.4 Å². The first-order valence-corrected chi connectivity index (χ1v) is 5.89. The first-order chi connectivity index (χ1) is 7.16. The molecule has 0 bridgehead atoms. The number of carbonyl (C=O) groups excluding carboxylic acids is 1. The molecule has 0 aliphatic rings. The molecule has 1 amide bonds. The van der Waals surface area contributed by atoms with Gasteiger partial charge in [-0.05, 0) is 47.6 Å².